The van der Waals surface area contributed by atoms with E-state index in [-0.39, 0.29) is 10.8 Å². The Morgan fingerprint density at radius 1 is 0.423 bits per heavy atom. The molecule has 0 bridgehead atoms. The number of rotatable bonds is 4. The Morgan fingerprint density at radius 3 is 1.48 bits per heavy atom. The molecule has 5 nitrogen and oxygen atoms in total. The largest absolute Gasteiger partial charge is 0.309 e. The number of nitrogens with zero attached hydrogens (tertiary/aromatic N) is 5. The first-order valence-corrected chi connectivity index (χ1v) is 18.3. The molecule has 0 amide bonds. The van der Waals surface area contributed by atoms with Gasteiger partial charge in [0.2, 0.25) is 5.95 Å². The molecule has 0 atom stereocenters. The number of benzene rings is 6. The maximum Gasteiger partial charge on any atom is 0.238 e. The van der Waals surface area contributed by atoms with E-state index in [4.69, 9.17) is 15.0 Å². The molecular weight excluding hydrogens is 635 g/mol. The first kappa shape index (κ1) is 30.7. The first-order valence-electron chi connectivity index (χ1n) is 18.3. The van der Waals surface area contributed by atoms with Crippen LogP contribution in [-0.2, 0) is 10.8 Å². The Hall–Kier alpha value is -6.07. The van der Waals surface area contributed by atoms with E-state index in [0.717, 1.165) is 32.9 Å². The van der Waals surface area contributed by atoms with E-state index < -0.39 is 0 Å². The fraction of sp³-hybridized carbons (Fsp3) is 0.170. The van der Waals surface area contributed by atoms with Gasteiger partial charge in [-0.2, -0.15) is 9.97 Å². The van der Waals surface area contributed by atoms with Gasteiger partial charge in [-0.25, -0.2) is 4.98 Å². The predicted molar refractivity (Wildman–Crippen MR) is 215 cm³/mol. The van der Waals surface area contributed by atoms with Gasteiger partial charge in [0.05, 0.1) is 22.1 Å². The lowest BCUT2D eigenvalue weighted by Crippen LogP contribution is -2.33. The summed E-state index contributed by atoms with van der Waals surface area (Å²) in [5, 5.41) is 4.74. The van der Waals surface area contributed by atoms with E-state index in [1.807, 2.05) is 36.4 Å². The van der Waals surface area contributed by atoms with Gasteiger partial charge in [0, 0.05) is 38.4 Å². The van der Waals surface area contributed by atoms with Crippen LogP contribution < -0.4 is 0 Å². The number of para-hydroxylation sites is 2. The Labute approximate surface area is 303 Å². The molecule has 0 aliphatic heterocycles. The number of aromatic nitrogens is 5. The SMILES string of the molecule is CC1(C)CCC(C)(C)c2cc(-n3c4ccccc4c4cc5c(cc43)c3ccccc3n5-c3nc(-c4ccccc4)nc(-c4ccccc4)n3)ccc21. The van der Waals surface area contributed by atoms with Crippen LogP contribution in [0.1, 0.15) is 51.7 Å². The minimum Gasteiger partial charge on any atom is -0.309 e. The van der Waals surface area contributed by atoms with Crippen molar-refractivity contribution in [3.8, 4) is 34.4 Å². The highest BCUT2D eigenvalue weighted by Crippen LogP contribution is 2.47. The summed E-state index contributed by atoms with van der Waals surface area (Å²) in [7, 11) is 0. The number of hydrogen-bond acceptors (Lipinski definition) is 3. The Balaban J connectivity index is 1.27. The molecule has 6 aromatic carbocycles. The van der Waals surface area contributed by atoms with Crippen LogP contribution in [0.4, 0.5) is 0 Å². The highest BCUT2D eigenvalue weighted by Gasteiger charge is 2.37. The van der Waals surface area contributed by atoms with Crippen molar-refractivity contribution in [1.82, 2.24) is 24.1 Å². The van der Waals surface area contributed by atoms with Crippen LogP contribution >= 0.6 is 0 Å². The Morgan fingerprint density at radius 2 is 0.904 bits per heavy atom. The van der Waals surface area contributed by atoms with Crippen molar-refractivity contribution in [2.75, 3.05) is 0 Å². The smallest absolute Gasteiger partial charge is 0.238 e. The zero-order valence-electron chi connectivity index (χ0n) is 29.9. The molecule has 5 heteroatoms. The lowest BCUT2D eigenvalue weighted by Gasteiger charge is -2.42. The quantitative estimate of drug-likeness (QED) is 0.187. The van der Waals surface area contributed by atoms with Crippen molar-refractivity contribution in [2.24, 2.45) is 0 Å². The van der Waals surface area contributed by atoms with Gasteiger partial charge in [0.25, 0.3) is 0 Å². The van der Waals surface area contributed by atoms with Crippen LogP contribution in [0.3, 0.4) is 0 Å². The molecule has 0 saturated carbocycles. The summed E-state index contributed by atoms with van der Waals surface area (Å²) in [6.07, 6.45) is 2.38. The van der Waals surface area contributed by atoms with Gasteiger partial charge < -0.3 is 4.57 Å². The zero-order chi connectivity index (χ0) is 35.2. The summed E-state index contributed by atoms with van der Waals surface area (Å²) in [4.78, 5) is 15.3. The van der Waals surface area contributed by atoms with Crippen LogP contribution in [0.2, 0.25) is 0 Å². The zero-order valence-corrected chi connectivity index (χ0v) is 29.9. The summed E-state index contributed by atoms with van der Waals surface area (Å²) in [5.41, 5.74) is 10.8. The normalized spacial score (nSPS) is 15.1. The Kier molecular flexibility index (Phi) is 6.63. The van der Waals surface area contributed by atoms with Crippen molar-refractivity contribution in [2.45, 2.75) is 51.4 Å². The van der Waals surface area contributed by atoms with Gasteiger partial charge in [-0.15, -0.1) is 0 Å². The van der Waals surface area contributed by atoms with E-state index in [1.54, 1.807) is 0 Å². The van der Waals surface area contributed by atoms with Crippen LogP contribution in [0.5, 0.6) is 0 Å². The maximum atomic E-state index is 5.17. The van der Waals surface area contributed by atoms with Gasteiger partial charge >= 0.3 is 0 Å². The van der Waals surface area contributed by atoms with Gasteiger partial charge in [-0.3, -0.25) is 4.57 Å². The molecule has 1 aliphatic rings. The maximum absolute atomic E-state index is 5.17. The first-order chi connectivity index (χ1) is 25.3. The molecule has 252 valence electrons. The van der Waals surface area contributed by atoms with E-state index in [0.29, 0.717) is 17.6 Å². The lowest BCUT2D eigenvalue weighted by atomic mass is 9.63. The van der Waals surface area contributed by atoms with Gasteiger partial charge in [-0.1, -0.05) is 131 Å². The third-order valence-electron chi connectivity index (χ3n) is 11.4. The molecule has 0 saturated heterocycles. The van der Waals surface area contributed by atoms with Crippen molar-refractivity contribution < 1.29 is 0 Å². The van der Waals surface area contributed by atoms with Crippen molar-refractivity contribution in [1.29, 1.82) is 0 Å². The third kappa shape index (κ3) is 4.65. The van der Waals surface area contributed by atoms with E-state index in [2.05, 4.69) is 140 Å². The van der Waals surface area contributed by atoms with Crippen molar-refractivity contribution >= 4 is 43.6 Å². The molecule has 10 rings (SSSR count). The minimum atomic E-state index is 0.113. The second kappa shape index (κ2) is 11.2. The van der Waals surface area contributed by atoms with E-state index in [9.17, 15) is 0 Å². The molecular formula is C47H39N5. The van der Waals surface area contributed by atoms with Gasteiger partial charge in [-0.05, 0) is 71.2 Å². The molecule has 3 heterocycles. The molecule has 9 aromatic rings. The molecule has 0 spiro atoms. The second-order valence-corrected chi connectivity index (χ2v) is 15.6. The number of fused-ring (bicyclic) bond motifs is 7. The molecule has 0 N–H and O–H groups in total. The average molecular weight is 674 g/mol. The second-order valence-electron chi connectivity index (χ2n) is 15.6. The van der Waals surface area contributed by atoms with E-state index in [1.165, 1.54) is 51.5 Å². The molecule has 0 unspecified atom stereocenters. The van der Waals surface area contributed by atoms with Crippen molar-refractivity contribution in [3.05, 3.63) is 151 Å². The summed E-state index contributed by atoms with van der Waals surface area (Å²) in [6.45, 7) is 9.60. The minimum absolute atomic E-state index is 0.113. The molecule has 52 heavy (non-hydrogen) atoms. The predicted octanol–water partition coefficient (Wildman–Crippen LogP) is 11.7. The third-order valence-corrected chi connectivity index (χ3v) is 11.4. The van der Waals surface area contributed by atoms with E-state index >= 15 is 0 Å². The van der Waals surface area contributed by atoms with Gasteiger partial charge in [0.1, 0.15) is 0 Å². The van der Waals surface area contributed by atoms with Gasteiger partial charge in [0.15, 0.2) is 11.6 Å². The van der Waals surface area contributed by atoms with Crippen LogP contribution in [-0.4, -0.2) is 24.1 Å². The topological polar surface area (TPSA) is 48.5 Å². The molecule has 0 radical (unpaired) electrons. The Bertz CT molecular complexity index is 2780. The number of hydrogen-bond donors (Lipinski definition) is 0. The highest BCUT2D eigenvalue weighted by molar-refractivity contribution is 6.18. The fourth-order valence-electron chi connectivity index (χ4n) is 8.54. The lowest BCUT2D eigenvalue weighted by molar-refractivity contribution is 0.332. The fourth-order valence-corrected chi connectivity index (χ4v) is 8.54. The summed E-state index contributed by atoms with van der Waals surface area (Å²) >= 11 is 0. The molecule has 0 fully saturated rings. The monoisotopic (exact) mass is 673 g/mol. The van der Waals surface area contributed by atoms with Crippen molar-refractivity contribution in [3.63, 3.8) is 0 Å². The van der Waals surface area contributed by atoms with Crippen LogP contribution in [0.15, 0.2) is 140 Å². The standard InChI is InChI=1S/C47H39N5/c1-46(2)25-26-47(3,4)38-27-32(23-24-37(38)46)51-39-21-13-11-19-33(39)35-29-42-36(28-41(35)51)34-20-12-14-22-40(34)52(42)45-49-43(30-15-7-5-8-16-30)48-44(50-45)31-17-9-6-10-18-31/h5-24,27-29H,25-26H2,1-4H3. The summed E-state index contributed by atoms with van der Waals surface area (Å²) in [5.74, 6) is 1.89. The summed E-state index contributed by atoms with van der Waals surface area (Å²) < 4.78 is 4.69. The molecule has 3 aromatic heterocycles. The molecule has 1 aliphatic carbocycles. The average Bonchev–Trinajstić information content (AvgIpc) is 3.68. The van der Waals surface area contributed by atoms with Crippen LogP contribution in [0.25, 0.3) is 78.0 Å². The summed E-state index contributed by atoms with van der Waals surface area (Å²) in [6, 6.07) is 49.7. The van der Waals surface area contributed by atoms with Crippen LogP contribution in [0, 0.1) is 0 Å². The highest BCUT2D eigenvalue weighted by atomic mass is 15.2.